The molecule has 0 unspecified atom stereocenters. The van der Waals surface area contributed by atoms with Gasteiger partial charge in [0.1, 0.15) is 0 Å². The molecule has 1 aromatic rings. The van der Waals surface area contributed by atoms with E-state index in [1.807, 2.05) is 13.8 Å². The van der Waals surface area contributed by atoms with Crippen molar-refractivity contribution in [3.63, 3.8) is 0 Å². The largest absolute Gasteiger partial charge is 0.368 e. The van der Waals surface area contributed by atoms with Crippen molar-refractivity contribution in [2.45, 2.75) is 32.0 Å². The van der Waals surface area contributed by atoms with Gasteiger partial charge in [-0.25, -0.2) is 0 Å². The van der Waals surface area contributed by atoms with E-state index in [2.05, 4.69) is 21.0 Å². The number of nitrogens with zero attached hydrogens (tertiary/aromatic N) is 3. The lowest BCUT2D eigenvalue weighted by molar-refractivity contribution is -0.126. The number of nitrogens with one attached hydrogen (secondary N) is 2. The molecule has 100 valence electrons. The maximum atomic E-state index is 11.4. The van der Waals surface area contributed by atoms with Gasteiger partial charge >= 0.3 is 0 Å². The predicted octanol–water partition coefficient (Wildman–Crippen LogP) is -0.299. The van der Waals surface area contributed by atoms with Gasteiger partial charge in [0.15, 0.2) is 5.16 Å². The molecule has 18 heavy (non-hydrogen) atoms. The van der Waals surface area contributed by atoms with Crippen molar-refractivity contribution in [3.8, 4) is 0 Å². The second-order valence-electron chi connectivity index (χ2n) is 3.82. The highest BCUT2D eigenvalue weighted by Crippen LogP contribution is 2.21. The second-order valence-corrected chi connectivity index (χ2v) is 4.77. The van der Waals surface area contributed by atoms with E-state index < -0.39 is 0 Å². The zero-order chi connectivity index (χ0) is 13.7. The van der Waals surface area contributed by atoms with Gasteiger partial charge in [0.25, 0.3) is 0 Å². The van der Waals surface area contributed by atoms with Crippen molar-refractivity contribution in [1.29, 1.82) is 0 Å². The molecule has 1 aromatic heterocycles. The molecule has 0 atom stereocenters. The summed E-state index contributed by atoms with van der Waals surface area (Å²) in [6, 6.07) is 0.112. The number of nitrogen functional groups attached to an aromatic ring is 1. The Morgan fingerprint density at radius 3 is 2.61 bits per heavy atom. The first-order valence-corrected chi connectivity index (χ1v) is 6.29. The number of nitrogens with two attached hydrogens (primary N) is 1. The zero-order valence-electron chi connectivity index (χ0n) is 10.4. The Morgan fingerprint density at radius 1 is 1.39 bits per heavy atom. The molecular weight excluding hydrogens is 256 g/mol. The molecule has 1 rings (SSSR count). The summed E-state index contributed by atoms with van der Waals surface area (Å²) in [6.45, 7) is 5.20. The van der Waals surface area contributed by atoms with E-state index in [-0.39, 0.29) is 23.6 Å². The van der Waals surface area contributed by atoms with Gasteiger partial charge in [-0.15, -0.1) is 10.2 Å². The molecule has 1 heterocycles. The fraction of sp³-hybridized carbons (Fsp3) is 0.556. The van der Waals surface area contributed by atoms with Crippen LogP contribution >= 0.6 is 11.8 Å². The number of rotatable bonds is 4. The smallest absolute Gasteiger partial charge is 0.248 e. The second kappa shape index (κ2) is 6.24. The monoisotopic (exact) mass is 272 g/mol. The first-order chi connectivity index (χ1) is 8.41. The minimum absolute atomic E-state index is 0.112. The van der Waals surface area contributed by atoms with Gasteiger partial charge in [-0.3, -0.25) is 25.0 Å². The SMILES string of the molecule is CC(=O)NNC(=O)CSc1nnc(N)n1C(C)C. The van der Waals surface area contributed by atoms with Crippen molar-refractivity contribution in [2.24, 2.45) is 0 Å². The van der Waals surface area contributed by atoms with Crippen LogP contribution in [-0.4, -0.2) is 32.3 Å². The summed E-state index contributed by atoms with van der Waals surface area (Å²) in [5.41, 5.74) is 10.1. The standard InChI is InChI=1S/C9H16N6O2S/c1-5(2)15-8(10)13-14-9(15)18-4-7(17)12-11-6(3)16/h5H,4H2,1-3H3,(H2,10,13)(H,11,16)(H,12,17). The highest BCUT2D eigenvalue weighted by Gasteiger charge is 2.14. The molecule has 0 saturated carbocycles. The first kappa shape index (κ1) is 14.3. The fourth-order valence-corrected chi connectivity index (χ4v) is 2.07. The molecular formula is C9H16N6O2S. The van der Waals surface area contributed by atoms with Crippen molar-refractivity contribution < 1.29 is 9.59 Å². The topological polar surface area (TPSA) is 115 Å². The van der Waals surface area contributed by atoms with Crippen LogP contribution in [0.1, 0.15) is 26.8 Å². The normalized spacial score (nSPS) is 10.4. The Bertz CT molecular complexity index is 444. The van der Waals surface area contributed by atoms with Gasteiger partial charge in [0.2, 0.25) is 17.8 Å². The minimum Gasteiger partial charge on any atom is -0.368 e. The molecule has 0 radical (unpaired) electrons. The van der Waals surface area contributed by atoms with Gasteiger partial charge in [-0.05, 0) is 13.8 Å². The van der Waals surface area contributed by atoms with Gasteiger partial charge in [0, 0.05) is 13.0 Å². The Hall–Kier alpha value is -1.77. The molecule has 0 bridgehead atoms. The third-order valence-corrected chi connectivity index (χ3v) is 2.86. The molecule has 0 fully saturated rings. The van der Waals surface area contributed by atoms with Gasteiger partial charge < -0.3 is 5.73 Å². The van der Waals surface area contributed by atoms with Crippen molar-refractivity contribution in [2.75, 3.05) is 11.5 Å². The zero-order valence-corrected chi connectivity index (χ0v) is 11.2. The van der Waals surface area contributed by atoms with E-state index >= 15 is 0 Å². The van der Waals surface area contributed by atoms with E-state index in [0.717, 1.165) is 0 Å². The summed E-state index contributed by atoms with van der Waals surface area (Å²) >= 11 is 1.20. The van der Waals surface area contributed by atoms with Crippen LogP contribution in [0.4, 0.5) is 5.95 Å². The first-order valence-electron chi connectivity index (χ1n) is 5.30. The van der Waals surface area contributed by atoms with E-state index in [4.69, 9.17) is 5.73 Å². The summed E-state index contributed by atoms with van der Waals surface area (Å²) in [5.74, 6) is -0.227. The average Bonchev–Trinajstić information content (AvgIpc) is 2.65. The molecule has 9 heteroatoms. The molecule has 0 aromatic carbocycles. The summed E-state index contributed by atoms with van der Waals surface area (Å²) in [7, 11) is 0. The summed E-state index contributed by atoms with van der Waals surface area (Å²) in [5, 5.41) is 8.22. The fourth-order valence-electron chi connectivity index (χ4n) is 1.20. The van der Waals surface area contributed by atoms with Crippen LogP contribution in [0.25, 0.3) is 0 Å². The van der Waals surface area contributed by atoms with Gasteiger partial charge in [-0.1, -0.05) is 11.8 Å². The number of carbonyl (C=O) groups is 2. The third kappa shape index (κ3) is 3.91. The Balaban J connectivity index is 2.53. The predicted molar refractivity (Wildman–Crippen MR) is 67.5 cm³/mol. The molecule has 0 saturated heterocycles. The van der Waals surface area contributed by atoms with Crippen LogP contribution in [0, 0.1) is 0 Å². The van der Waals surface area contributed by atoms with Crippen LogP contribution in [0.2, 0.25) is 0 Å². The van der Waals surface area contributed by atoms with Crippen LogP contribution < -0.4 is 16.6 Å². The summed E-state index contributed by atoms with van der Waals surface area (Å²) in [4.78, 5) is 22.0. The quantitative estimate of drug-likeness (QED) is 0.512. The maximum Gasteiger partial charge on any atom is 0.248 e. The maximum absolute atomic E-state index is 11.4. The van der Waals surface area contributed by atoms with E-state index in [1.165, 1.54) is 18.7 Å². The van der Waals surface area contributed by atoms with E-state index in [0.29, 0.717) is 11.1 Å². The average molecular weight is 272 g/mol. The minimum atomic E-state index is -0.331. The number of carbonyl (C=O) groups excluding carboxylic acids is 2. The lowest BCUT2D eigenvalue weighted by Gasteiger charge is -2.11. The van der Waals surface area contributed by atoms with Crippen LogP contribution in [0.15, 0.2) is 5.16 Å². The number of hydrogen-bond donors (Lipinski definition) is 3. The van der Waals surface area contributed by atoms with Crippen molar-refractivity contribution >= 4 is 29.5 Å². The van der Waals surface area contributed by atoms with Gasteiger partial charge in [-0.2, -0.15) is 0 Å². The van der Waals surface area contributed by atoms with Crippen LogP contribution in [-0.2, 0) is 9.59 Å². The van der Waals surface area contributed by atoms with Crippen LogP contribution in [0.5, 0.6) is 0 Å². The number of hydrazine groups is 1. The van der Waals surface area contributed by atoms with Gasteiger partial charge in [0.05, 0.1) is 5.75 Å². The molecule has 4 N–H and O–H groups in total. The number of anilines is 1. The molecule has 8 nitrogen and oxygen atoms in total. The Kier molecular flexibility index (Phi) is 4.95. The highest BCUT2D eigenvalue weighted by molar-refractivity contribution is 7.99. The number of aromatic nitrogens is 3. The lowest BCUT2D eigenvalue weighted by atomic mass is 10.4. The number of amides is 2. The highest BCUT2D eigenvalue weighted by atomic mass is 32.2. The molecule has 0 aliphatic rings. The number of thioether (sulfide) groups is 1. The summed E-state index contributed by atoms with van der Waals surface area (Å²) in [6.07, 6.45) is 0. The number of hydrogen-bond acceptors (Lipinski definition) is 6. The lowest BCUT2D eigenvalue weighted by Crippen LogP contribution is -2.41. The van der Waals surface area contributed by atoms with E-state index in [1.54, 1.807) is 4.57 Å². The molecule has 0 spiro atoms. The van der Waals surface area contributed by atoms with E-state index in [9.17, 15) is 9.59 Å². The van der Waals surface area contributed by atoms with Crippen LogP contribution in [0.3, 0.4) is 0 Å². The Labute approximate surface area is 109 Å². The molecule has 0 aliphatic carbocycles. The summed E-state index contributed by atoms with van der Waals surface area (Å²) < 4.78 is 1.73. The van der Waals surface area contributed by atoms with Crippen molar-refractivity contribution in [1.82, 2.24) is 25.6 Å². The molecule has 2 amide bonds. The molecule has 0 aliphatic heterocycles. The Morgan fingerprint density at radius 2 is 2.06 bits per heavy atom. The van der Waals surface area contributed by atoms with Crippen molar-refractivity contribution in [3.05, 3.63) is 0 Å². The third-order valence-electron chi connectivity index (χ3n) is 1.92.